The van der Waals surface area contributed by atoms with Crippen LogP contribution in [0.1, 0.15) is 6.92 Å². The van der Waals surface area contributed by atoms with E-state index in [1.807, 2.05) is 60.0 Å². The number of hydrogen-bond donors (Lipinski definition) is 1. The molecule has 2 N–H and O–H groups in total. The standard InChI is InChI=1S/C15H15N3O/c1-2-19-14-10-6-5-9-13(14)18-12-8-4-3-7-11(12)17-15(18)16/h3-10H,2H2,1H3,(H2,16,17). The van der Waals surface area contributed by atoms with Gasteiger partial charge in [-0.15, -0.1) is 0 Å². The Morgan fingerprint density at radius 3 is 2.68 bits per heavy atom. The van der Waals surface area contributed by atoms with Gasteiger partial charge in [-0.05, 0) is 31.2 Å². The summed E-state index contributed by atoms with van der Waals surface area (Å²) >= 11 is 0. The van der Waals surface area contributed by atoms with Crippen molar-refractivity contribution < 1.29 is 4.74 Å². The van der Waals surface area contributed by atoms with E-state index in [2.05, 4.69) is 4.98 Å². The summed E-state index contributed by atoms with van der Waals surface area (Å²) in [6.45, 7) is 2.58. The molecule has 0 saturated carbocycles. The molecule has 0 saturated heterocycles. The monoisotopic (exact) mass is 253 g/mol. The number of hydrogen-bond acceptors (Lipinski definition) is 3. The van der Waals surface area contributed by atoms with Crippen LogP contribution in [0.25, 0.3) is 16.7 Å². The first-order valence-corrected chi connectivity index (χ1v) is 6.26. The highest BCUT2D eigenvalue weighted by atomic mass is 16.5. The molecule has 4 nitrogen and oxygen atoms in total. The summed E-state index contributed by atoms with van der Waals surface area (Å²) in [6.07, 6.45) is 0. The number of benzene rings is 2. The van der Waals surface area contributed by atoms with Gasteiger partial charge in [0.1, 0.15) is 5.75 Å². The Balaban J connectivity index is 2.27. The first-order valence-electron chi connectivity index (χ1n) is 6.26. The number of para-hydroxylation sites is 4. The molecule has 0 fully saturated rings. The zero-order valence-electron chi connectivity index (χ0n) is 10.7. The van der Waals surface area contributed by atoms with Crippen LogP contribution >= 0.6 is 0 Å². The van der Waals surface area contributed by atoms with Crippen LogP contribution in [0, 0.1) is 0 Å². The maximum atomic E-state index is 6.05. The van der Waals surface area contributed by atoms with Crippen LogP contribution in [0.3, 0.4) is 0 Å². The normalized spacial score (nSPS) is 10.8. The maximum Gasteiger partial charge on any atom is 0.206 e. The van der Waals surface area contributed by atoms with Crippen LogP contribution in [-0.4, -0.2) is 16.2 Å². The predicted octanol–water partition coefficient (Wildman–Crippen LogP) is 3.01. The number of nitrogen functional groups attached to an aromatic ring is 1. The Hall–Kier alpha value is -2.49. The number of ether oxygens (including phenoxy) is 1. The second-order valence-electron chi connectivity index (χ2n) is 4.19. The fourth-order valence-electron chi connectivity index (χ4n) is 2.22. The molecule has 3 rings (SSSR count). The van der Waals surface area contributed by atoms with E-state index in [0.29, 0.717) is 12.6 Å². The highest BCUT2D eigenvalue weighted by molar-refractivity contribution is 5.81. The van der Waals surface area contributed by atoms with Gasteiger partial charge in [-0.1, -0.05) is 24.3 Å². The molecule has 96 valence electrons. The highest BCUT2D eigenvalue weighted by Crippen LogP contribution is 2.29. The van der Waals surface area contributed by atoms with Gasteiger partial charge < -0.3 is 10.5 Å². The van der Waals surface area contributed by atoms with E-state index >= 15 is 0 Å². The molecule has 4 heteroatoms. The van der Waals surface area contributed by atoms with Crippen molar-refractivity contribution in [3.8, 4) is 11.4 Å². The molecule has 1 heterocycles. The van der Waals surface area contributed by atoms with Crippen LogP contribution in [0.5, 0.6) is 5.75 Å². The minimum absolute atomic E-state index is 0.466. The Kier molecular flexibility index (Phi) is 2.83. The molecule has 0 aliphatic heterocycles. The van der Waals surface area contributed by atoms with Crippen molar-refractivity contribution in [3.05, 3.63) is 48.5 Å². The molecule has 0 bridgehead atoms. The zero-order chi connectivity index (χ0) is 13.2. The average molecular weight is 253 g/mol. The first-order chi connectivity index (χ1) is 9.31. The van der Waals surface area contributed by atoms with Gasteiger partial charge in [0.15, 0.2) is 0 Å². The van der Waals surface area contributed by atoms with Crippen molar-refractivity contribution in [2.75, 3.05) is 12.3 Å². The van der Waals surface area contributed by atoms with Crippen LogP contribution in [0.15, 0.2) is 48.5 Å². The Morgan fingerprint density at radius 2 is 1.84 bits per heavy atom. The fourth-order valence-corrected chi connectivity index (χ4v) is 2.22. The quantitative estimate of drug-likeness (QED) is 0.780. The van der Waals surface area contributed by atoms with Gasteiger partial charge in [0.2, 0.25) is 5.95 Å². The number of nitrogens with two attached hydrogens (primary N) is 1. The number of imidazole rings is 1. The third-order valence-electron chi connectivity index (χ3n) is 2.99. The third-order valence-corrected chi connectivity index (χ3v) is 2.99. The van der Waals surface area contributed by atoms with E-state index in [4.69, 9.17) is 10.5 Å². The largest absolute Gasteiger partial charge is 0.492 e. The lowest BCUT2D eigenvalue weighted by molar-refractivity contribution is 0.339. The van der Waals surface area contributed by atoms with E-state index < -0.39 is 0 Å². The van der Waals surface area contributed by atoms with E-state index in [-0.39, 0.29) is 0 Å². The smallest absolute Gasteiger partial charge is 0.206 e. The summed E-state index contributed by atoms with van der Waals surface area (Å²) in [6, 6.07) is 15.7. The Bertz CT molecular complexity index is 718. The van der Waals surface area contributed by atoms with Gasteiger partial charge in [-0.3, -0.25) is 4.57 Å². The molecule has 2 aromatic carbocycles. The van der Waals surface area contributed by atoms with E-state index in [1.165, 1.54) is 0 Å². The van der Waals surface area contributed by atoms with Crippen molar-refractivity contribution in [1.29, 1.82) is 0 Å². The Labute approximate surface area is 111 Å². The second-order valence-corrected chi connectivity index (χ2v) is 4.19. The molecular weight excluding hydrogens is 238 g/mol. The van der Waals surface area contributed by atoms with Crippen molar-refractivity contribution in [2.45, 2.75) is 6.92 Å². The van der Waals surface area contributed by atoms with Gasteiger partial charge >= 0.3 is 0 Å². The van der Waals surface area contributed by atoms with Crippen LogP contribution in [0.2, 0.25) is 0 Å². The zero-order valence-corrected chi connectivity index (χ0v) is 10.7. The van der Waals surface area contributed by atoms with Gasteiger partial charge in [0.25, 0.3) is 0 Å². The summed E-state index contributed by atoms with van der Waals surface area (Å²) in [5.41, 5.74) is 8.82. The van der Waals surface area contributed by atoms with Crippen molar-refractivity contribution >= 4 is 17.0 Å². The molecular formula is C15H15N3O. The minimum Gasteiger partial charge on any atom is -0.492 e. The molecule has 0 amide bonds. The van der Waals surface area contributed by atoms with Crippen molar-refractivity contribution in [1.82, 2.24) is 9.55 Å². The lowest BCUT2D eigenvalue weighted by Crippen LogP contribution is -2.03. The lowest BCUT2D eigenvalue weighted by atomic mass is 10.2. The maximum absolute atomic E-state index is 6.05. The predicted molar refractivity (Wildman–Crippen MR) is 76.7 cm³/mol. The molecule has 0 aliphatic rings. The highest BCUT2D eigenvalue weighted by Gasteiger charge is 2.12. The molecule has 1 aromatic heterocycles. The summed E-state index contributed by atoms with van der Waals surface area (Å²) in [5, 5.41) is 0. The van der Waals surface area contributed by atoms with Crippen molar-refractivity contribution in [3.63, 3.8) is 0 Å². The molecule has 0 unspecified atom stereocenters. The molecule has 3 aromatic rings. The Morgan fingerprint density at radius 1 is 1.11 bits per heavy atom. The molecule has 0 aliphatic carbocycles. The lowest BCUT2D eigenvalue weighted by Gasteiger charge is -2.12. The minimum atomic E-state index is 0.466. The number of fused-ring (bicyclic) bond motifs is 1. The topological polar surface area (TPSA) is 53.1 Å². The summed E-state index contributed by atoms with van der Waals surface area (Å²) in [7, 11) is 0. The summed E-state index contributed by atoms with van der Waals surface area (Å²) < 4.78 is 7.58. The number of aromatic nitrogens is 2. The fraction of sp³-hybridized carbons (Fsp3) is 0.133. The molecule has 0 radical (unpaired) electrons. The third kappa shape index (κ3) is 1.91. The first kappa shape index (κ1) is 11.6. The van der Waals surface area contributed by atoms with Gasteiger partial charge in [0, 0.05) is 0 Å². The average Bonchev–Trinajstić information content (AvgIpc) is 2.76. The van der Waals surface area contributed by atoms with Gasteiger partial charge in [-0.2, -0.15) is 0 Å². The molecule has 0 spiro atoms. The van der Waals surface area contributed by atoms with Gasteiger partial charge in [0.05, 0.1) is 23.3 Å². The SMILES string of the molecule is CCOc1ccccc1-n1c(N)nc2ccccc21. The summed E-state index contributed by atoms with van der Waals surface area (Å²) in [4.78, 5) is 4.38. The molecule has 0 atom stereocenters. The van der Waals surface area contributed by atoms with Crippen molar-refractivity contribution in [2.24, 2.45) is 0 Å². The van der Waals surface area contributed by atoms with E-state index in [9.17, 15) is 0 Å². The second kappa shape index (κ2) is 4.65. The van der Waals surface area contributed by atoms with Gasteiger partial charge in [-0.25, -0.2) is 4.98 Å². The molecule has 19 heavy (non-hydrogen) atoms. The number of rotatable bonds is 3. The number of nitrogens with zero attached hydrogens (tertiary/aromatic N) is 2. The summed E-state index contributed by atoms with van der Waals surface area (Å²) in [5.74, 6) is 1.27. The van der Waals surface area contributed by atoms with E-state index in [1.54, 1.807) is 0 Å². The van der Waals surface area contributed by atoms with Crippen LogP contribution in [-0.2, 0) is 0 Å². The van der Waals surface area contributed by atoms with E-state index in [0.717, 1.165) is 22.5 Å². The van der Waals surface area contributed by atoms with Crippen LogP contribution < -0.4 is 10.5 Å². The van der Waals surface area contributed by atoms with Crippen LogP contribution in [0.4, 0.5) is 5.95 Å². The number of anilines is 1.